The number of hydrogen-bond acceptors (Lipinski definition) is 2. The lowest BCUT2D eigenvalue weighted by molar-refractivity contribution is 0.217. The van der Waals surface area contributed by atoms with Gasteiger partial charge in [-0.3, -0.25) is 0 Å². The third-order valence-electron chi connectivity index (χ3n) is 7.23. The Morgan fingerprint density at radius 2 is 0.943 bits per heavy atom. The fraction of sp³-hybridized carbons (Fsp3) is 0.481. The number of thiocarbonyl (C=S) groups is 2. The van der Waals surface area contributed by atoms with Crippen molar-refractivity contribution in [1.29, 1.82) is 0 Å². The minimum absolute atomic E-state index is 0.250. The van der Waals surface area contributed by atoms with Gasteiger partial charge in [-0.05, 0) is 143 Å². The average Bonchev–Trinajstić information content (AvgIpc) is 2.84. The SMILES string of the molecule is Fc1ccc(NC(=S)NC2CCC(CC3CCC(NC(=S)Nc4ccc(F)cc4)CC3)CC2)cc1. The molecule has 2 aliphatic rings. The van der Waals surface area contributed by atoms with Gasteiger partial charge < -0.3 is 21.3 Å². The number of halogens is 2. The van der Waals surface area contributed by atoms with Crippen molar-refractivity contribution in [2.45, 2.75) is 69.9 Å². The van der Waals surface area contributed by atoms with Crippen LogP contribution in [0.25, 0.3) is 0 Å². The van der Waals surface area contributed by atoms with E-state index in [9.17, 15) is 8.78 Å². The quantitative estimate of drug-likeness (QED) is 0.319. The molecular formula is C27H34F2N4S2. The summed E-state index contributed by atoms with van der Waals surface area (Å²) < 4.78 is 26.1. The van der Waals surface area contributed by atoms with Gasteiger partial charge in [0.25, 0.3) is 0 Å². The summed E-state index contributed by atoms with van der Waals surface area (Å²) in [6, 6.07) is 13.3. The topological polar surface area (TPSA) is 48.1 Å². The lowest BCUT2D eigenvalue weighted by Gasteiger charge is -2.35. The molecule has 0 aliphatic heterocycles. The summed E-state index contributed by atoms with van der Waals surface area (Å²) in [6.45, 7) is 0. The Labute approximate surface area is 217 Å². The molecule has 0 radical (unpaired) electrons. The molecule has 4 rings (SSSR count). The molecule has 0 aromatic heterocycles. The van der Waals surface area contributed by atoms with E-state index in [2.05, 4.69) is 21.3 Å². The summed E-state index contributed by atoms with van der Waals surface area (Å²) in [5.41, 5.74) is 1.60. The third-order valence-corrected chi connectivity index (χ3v) is 7.67. The predicted octanol–water partition coefficient (Wildman–Crippen LogP) is 6.75. The molecule has 0 amide bonds. The molecule has 0 saturated heterocycles. The van der Waals surface area contributed by atoms with E-state index in [0.29, 0.717) is 22.3 Å². The van der Waals surface area contributed by atoms with Crippen LogP contribution in [0.1, 0.15) is 57.8 Å². The molecule has 0 heterocycles. The van der Waals surface area contributed by atoms with E-state index in [4.69, 9.17) is 24.4 Å². The van der Waals surface area contributed by atoms with Crippen LogP contribution in [0.3, 0.4) is 0 Å². The first-order valence-corrected chi connectivity index (χ1v) is 13.4. The number of rotatable bonds is 6. The van der Waals surface area contributed by atoms with Crippen LogP contribution in [0.4, 0.5) is 20.2 Å². The second-order valence-corrected chi connectivity index (χ2v) is 10.7. The van der Waals surface area contributed by atoms with E-state index in [1.165, 1.54) is 56.4 Å². The zero-order chi connectivity index (χ0) is 24.6. The minimum Gasteiger partial charge on any atom is -0.360 e. The summed E-state index contributed by atoms with van der Waals surface area (Å²) in [5.74, 6) is 1.09. The molecule has 0 unspecified atom stereocenters. The molecule has 4 N–H and O–H groups in total. The van der Waals surface area contributed by atoms with Crippen molar-refractivity contribution >= 4 is 46.0 Å². The predicted molar refractivity (Wildman–Crippen MR) is 148 cm³/mol. The van der Waals surface area contributed by atoms with Crippen molar-refractivity contribution in [3.05, 3.63) is 60.2 Å². The van der Waals surface area contributed by atoms with Crippen LogP contribution in [0.2, 0.25) is 0 Å². The Morgan fingerprint density at radius 1 is 0.600 bits per heavy atom. The van der Waals surface area contributed by atoms with E-state index in [1.807, 2.05) is 0 Å². The molecule has 2 aromatic rings. The Bertz CT molecular complexity index is 888. The van der Waals surface area contributed by atoms with Gasteiger partial charge in [0.05, 0.1) is 0 Å². The van der Waals surface area contributed by atoms with Crippen LogP contribution in [0.15, 0.2) is 48.5 Å². The van der Waals surface area contributed by atoms with Gasteiger partial charge in [-0.2, -0.15) is 0 Å². The number of nitrogens with one attached hydrogen (secondary N) is 4. The van der Waals surface area contributed by atoms with Crippen molar-refractivity contribution < 1.29 is 8.78 Å². The lowest BCUT2D eigenvalue weighted by Crippen LogP contribution is -2.41. The maximum absolute atomic E-state index is 13.1. The number of hydrogen-bond donors (Lipinski definition) is 4. The lowest BCUT2D eigenvalue weighted by atomic mass is 9.76. The molecule has 0 spiro atoms. The molecule has 2 fully saturated rings. The summed E-state index contributed by atoms with van der Waals surface area (Å²) in [6.07, 6.45) is 10.8. The Hall–Kier alpha value is -2.32. The highest BCUT2D eigenvalue weighted by molar-refractivity contribution is 7.80. The smallest absolute Gasteiger partial charge is 0.170 e. The van der Waals surface area contributed by atoms with Crippen LogP contribution >= 0.6 is 24.4 Å². The molecule has 188 valence electrons. The Morgan fingerprint density at radius 3 is 1.29 bits per heavy atom. The molecule has 35 heavy (non-hydrogen) atoms. The van der Waals surface area contributed by atoms with Crippen molar-refractivity contribution in [2.24, 2.45) is 11.8 Å². The van der Waals surface area contributed by atoms with Gasteiger partial charge in [-0.1, -0.05) is 0 Å². The average molecular weight is 517 g/mol. The summed E-state index contributed by atoms with van der Waals surface area (Å²) >= 11 is 10.9. The van der Waals surface area contributed by atoms with Gasteiger partial charge in [-0.15, -0.1) is 0 Å². The van der Waals surface area contributed by atoms with E-state index >= 15 is 0 Å². The fourth-order valence-electron chi connectivity index (χ4n) is 5.33. The zero-order valence-corrected chi connectivity index (χ0v) is 21.5. The number of benzene rings is 2. The highest BCUT2D eigenvalue weighted by Crippen LogP contribution is 2.35. The van der Waals surface area contributed by atoms with Gasteiger partial charge in [-0.25, -0.2) is 8.78 Å². The van der Waals surface area contributed by atoms with E-state index < -0.39 is 0 Å². The van der Waals surface area contributed by atoms with Crippen LogP contribution < -0.4 is 21.3 Å². The molecule has 2 aliphatic carbocycles. The summed E-state index contributed by atoms with van der Waals surface area (Å²) in [4.78, 5) is 0. The summed E-state index contributed by atoms with van der Waals surface area (Å²) in [7, 11) is 0. The van der Waals surface area contributed by atoms with Crippen molar-refractivity contribution in [3.8, 4) is 0 Å². The van der Waals surface area contributed by atoms with Crippen molar-refractivity contribution in [1.82, 2.24) is 10.6 Å². The van der Waals surface area contributed by atoms with Crippen LogP contribution in [-0.4, -0.2) is 22.3 Å². The first kappa shape index (κ1) is 25.8. The monoisotopic (exact) mass is 516 g/mol. The number of anilines is 2. The maximum Gasteiger partial charge on any atom is 0.170 e. The molecule has 0 bridgehead atoms. The van der Waals surface area contributed by atoms with E-state index in [-0.39, 0.29) is 11.6 Å². The first-order chi connectivity index (χ1) is 16.9. The van der Waals surface area contributed by atoms with Gasteiger partial charge in [0.15, 0.2) is 10.2 Å². The van der Waals surface area contributed by atoms with Crippen molar-refractivity contribution in [3.63, 3.8) is 0 Å². The zero-order valence-electron chi connectivity index (χ0n) is 19.9. The Kier molecular flexibility index (Phi) is 9.26. The second-order valence-electron chi connectivity index (χ2n) is 9.88. The second kappa shape index (κ2) is 12.6. The first-order valence-electron chi connectivity index (χ1n) is 12.6. The largest absolute Gasteiger partial charge is 0.360 e. The molecular weight excluding hydrogens is 482 g/mol. The van der Waals surface area contributed by atoms with Gasteiger partial charge in [0, 0.05) is 23.5 Å². The molecule has 8 heteroatoms. The van der Waals surface area contributed by atoms with Gasteiger partial charge >= 0.3 is 0 Å². The van der Waals surface area contributed by atoms with Crippen molar-refractivity contribution in [2.75, 3.05) is 10.6 Å². The minimum atomic E-state index is -0.250. The van der Waals surface area contributed by atoms with Crippen LogP contribution in [-0.2, 0) is 0 Å². The molecule has 2 aromatic carbocycles. The highest BCUT2D eigenvalue weighted by atomic mass is 32.1. The van der Waals surface area contributed by atoms with Gasteiger partial charge in [0.2, 0.25) is 0 Å². The van der Waals surface area contributed by atoms with E-state index in [0.717, 1.165) is 48.9 Å². The van der Waals surface area contributed by atoms with Gasteiger partial charge in [0.1, 0.15) is 11.6 Å². The van der Waals surface area contributed by atoms with Crippen LogP contribution in [0.5, 0.6) is 0 Å². The molecule has 0 atom stereocenters. The molecule has 4 nitrogen and oxygen atoms in total. The summed E-state index contributed by atoms with van der Waals surface area (Å²) in [5, 5.41) is 14.4. The normalized spacial score (nSPS) is 24.3. The Balaban J connectivity index is 1.10. The molecule has 2 saturated carbocycles. The van der Waals surface area contributed by atoms with E-state index in [1.54, 1.807) is 24.3 Å². The highest BCUT2D eigenvalue weighted by Gasteiger charge is 2.27. The maximum atomic E-state index is 13.1. The standard InChI is InChI=1S/C27H34F2N4S2/c28-20-5-13-24(14-6-20)32-26(34)30-22-9-1-18(2-10-22)17-19-3-11-23(12-4-19)31-27(35)33-25-15-7-21(29)8-16-25/h5-8,13-16,18-19,22-23H,1-4,9-12,17H2,(H2,30,32,34)(H2,31,33,35). The fourth-order valence-corrected chi connectivity index (χ4v) is 5.90. The third kappa shape index (κ3) is 8.39. The van der Waals surface area contributed by atoms with Crippen LogP contribution in [0, 0.1) is 23.5 Å².